The van der Waals surface area contributed by atoms with E-state index in [4.69, 9.17) is 10.8 Å². The predicted octanol–water partition coefficient (Wildman–Crippen LogP) is 1.95. The molecule has 0 rings (SSSR count). The van der Waals surface area contributed by atoms with Crippen LogP contribution in [0.2, 0.25) is 0 Å². The Morgan fingerprint density at radius 1 is 1.25 bits per heavy atom. The van der Waals surface area contributed by atoms with E-state index in [9.17, 15) is 4.79 Å². The zero-order valence-corrected chi connectivity index (χ0v) is 10.4. The third-order valence-corrected chi connectivity index (χ3v) is 2.46. The Morgan fingerprint density at radius 3 is 2.38 bits per heavy atom. The maximum atomic E-state index is 11.2. The molecule has 96 valence electrons. The normalized spacial score (nSPS) is 14.5. The topological polar surface area (TPSA) is 72.6 Å². The van der Waals surface area contributed by atoms with Crippen LogP contribution in [0.4, 0.5) is 0 Å². The summed E-state index contributed by atoms with van der Waals surface area (Å²) in [5.41, 5.74) is 5.62. The molecule has 0 aliphatic rings. The minimum Gasteiger partial charge on any atom is -0.435 e. The van der Waals surface area contributed by atoms with Crippen molar-refractivity contribution in [3.8, 4) is 0 Å². The summed E-state index contributed by atoms with van der Waals surface area (Å²) in [5.74, 6) is -0.511. The van der Waals surface area contributed by atoms with Crippen molar-refractivity contribution in [3.63, 3.8) is 0 Å². The first-order chi connectivity index (χ1) is 7.57. The first-order valence-electron chi connectivity index (χ1n) is 6.22. The highest BCUT2D eigenvalue weighted by Gasteiger charge is 2.15. The van der Waals surface area contributed by atoms with E-state index in [0.717, 1.165) is 12.8 Å². The Bertz CT molecular complexity index is 183. The van der Waals surface area contributed by atoms with Crippen molar-refractivity contribution in [1.29, 1.82) is 0 Å². The molecule has 4 nitrogen and oxygen atoms in total. The van der Waals surface area contributed by atoms with Gasteiger partial charge in [-0.1, -0.05) is 45.4 Å². The summed E-state index contributed by atoms with van der Waals surface area (Å²) < 4.78 is 4.60. The number of nitrogens with two attached hydrogens (primary N) is 1. The zero-order valence-electron chi connectivity index (χ0n) is 10.4. The number of hydrogen-bond donors (Lipinski definition) is 2. The van der Waals surface area contributed by atoms with Crippen molar-refractivity contribution >= 4 is 5.97 Å². The molecule has 0 amide bonds. The summed E-state index contributed by atoms with van der Waals surface area (Å²) >= 11 is 0. The van der Waals surface area contributed by atoms with Crippen molar-refractivity contribution in [2.75, 3.05) is 0 Å². The summed E-state index contributed by atoms with van der Waals surface area (Å²) in [4.78, 5) is 11.2. The number of unbranched alkanes of at least 4 members (excludes halogenated alkanes) is 5. The number of rotatable bonds is 9. The van der Waals surface area contributed by atoms with Crippen LogP contribution in [-0.2, 0) is 9.53 Å². The highest BCUT2D eigenvalue weighted by molar-refractivity contribution is 5.75. The van der Waals surface area contributed by atoms with Crippen molar-refractivity contribution in [2.24, 2.45) is 5.73 Å². The van der Waals surface area contributed by atoms with Crippen molar-refractivity contribution in [2.45, 2.75) is 71.1 Å². The molecule has 0 saturated carbocycles. The van der Waals surface area contributed by atoms with Crippen molar-refractivity contribution < 1.29 is 14.6 Å². The van der Waals surface area contributed by atoms with Gasteiger partial charge in [-0.25, -0.2) is 0 Å². The summed E-state index contributed by atoms with van der Waals surface area (Å²) in [7, 11) is 0. The number of carbonyl (C=O) groups is 1. The molecular weight excluding hydrogens is 206 g/mol. The molecule has 0 saturated heterocycles. The molecule has 0 spiro atoms. The third kappa shape index (κ3) is 8.68. The Balaban J connectivity index is 3.42. The van der Waals surface area contributed by atoms with E-state index in [1.54, 1.807) is 0 Å². The highest BCUT2D eigenvalue weighted by Crippen LogP contribution is 2.08. The van der Waals surface area contributed by atoms with Crippen LogP contribution in [0, 0.1) is 0 Å². The molecule has 2 atom stereocenters. The Morgan fingerprint density at radius 2 is 1.81 bits per heavy atom. The Kier molecular flexibility index (Phi) is 9.24. The van der Waals surface area contributed by atoms with Gasteiger partial charge in [0, 0.05) is 0 Å². The van der Waals surface area contributed by atoms with Crippen LogP contribution in [0.3, 0.4) is 0 Å². The molecule has 0 radical (unpaired) electrons. The molecule has 0 fully saturated rings. The molecule has 0 aliphatic carbocycles. The average molecular weight is 231 g/mol. The molecule has 3 N–H and O–H groups in total. The summed E-state index contributed by atoms with van der Waals surface area (Å²) in [6, 6.07) is -0.597. The molecule has 16 heavy (non-hydrogen) atoms. The molecule has 4 heteroatoms. The molecule has 0 aromatic heterocycles. The summed E-state index contributed by atoms with van der Waals surface area (Å²) in [6.07, 6.45) is 6.59. The lowest BCUT2D eigenvalue weighted by Crippen LogP contribution is -2.34. The van der Waals surface area contributed by atoms with Crippen LogP contribution in [0.5, 0.6) is 0 Å². The second-order valence-corrected chi connectivity index (χ2v) is 4.20. The lowest BCUT2D eigenvalue weighted by Gasteiger charge is -2.12. The maximum Gasteiger partial charge on any atom is 0.325 e. The summed E-state index contributed by atoms with van der Waals surface area (Å²) in [6.45, 7) is 3.58. The van der Waals surface area contributed by atoms with E-state index >= 15 is 0 Å². The van der Waals surface area contributed by atoms with E-state index in [2.05, 4.69) is 11.7 Å². The van der Waals surface area contributed by atoms with Crippen molar-refractivity contribution in [3.05, 3.63) is 0 Å². The lowest BCUT2D eigenvalue weighted by atomic mass is 10.1. The molecule has 0 aliphatic heterocycles. The van der Waals surface area contributed by atoms with Crippen LogP contribution < -0.4 is 5.73 Å². The first kappa shape index (κ1) is 15.4. The number of aliphatic hydroxyl groups excluding tert-OH is 1. The monoisotopic (exact) mass is 231 g/mol. The Labute approximate surface area is 98.2 Å². The second-order valence-electron chi connectivity index (χ2n) is 4.20. The fourth-order valence-electron chi connectivity index (χ4n) is 1.52. The number of hydrogen-bond acceptors (Lipinski definition) is 4. The van der Waals surface area contributed by atoms with Gasteiger partial charge in [0.1, 0.15) is 6.04 Å². The lowest BCUT2D eigenvalue weighted by molar-refractivity contribution is -0.166. The Hall–Kier alpha value is -0.610. The SMILES string of the molecule is CCCCCCCCC(N)C(=O)OC(C)O. The fraction of sp³-hybridized carbons (Fsp3) is 0.917. The van der Waals surface area contributed by atoms with E-state index in [-0.39, 0.29) is 0 Å². The van der Waals surface area contributed by atoms with Gasteiger partial charge >= 0.3 is 5.97 Å². The molecular formula is C12H25NO3. The minimum absolute atomic E-state index is 0.511. The number of carbonyl (C=O) groups excluding carboxylic acids is 1. The number of ether oxygens (including phenoxy) is 1. The minimum atomic E-state index is -1.07. The van der Waals surface area contributed by atoms with Gasteiger partial charge < -0.3 is 15.6 Å². The highest BCUT2D eigenvalue weighted by atomic mass is 16.6. The van der Waals surface area contributed by atoms with Crippen LogP contribution in [0.15, 0.2) is 0 Å². The van der Waals surface area contributed by atoms with Gasteiger partial charge in [-0.3, -0.25) is 4.79 Å². The van der Waals surface area contributed by atoms with Gasteiger partial charge in [0.05, 0.1) is 0 Å². The quantitative estimate of drug-likeness (QED) is 0.361. The molecule has 0 bridgehead atoms. The van der Waals surface area contributed by atoms with Crippen LogP contribution in [0.1, 0.15) is 58.8 Å². The average Bonchev–Trinajstić information content (AvgIpc) is 2.21. The predicted molar refractivity (Wildman–Crippen MR) is 63.7 cm³/mol. The molecule has 2 unspecified atom stereocenters. The van der Waals surface area contributed by atoms with E-state index < -0.39 is 18.3 Å². The van der Waals surface area contributed by atoms with Crippen LogP contribution in [0.25, 0.3) is 0 Å². The number of aliphatic hydroxyl groups is 1. The third-order valence-electron chi connectivity index (χ3n) is 2.46. The molecule has 0 aromatic rings. The van der Waals surface area contributed by atoms with Gasteiger partial charge in [0.2, 0.25) is 0 Å². The van der Waals surface area contributed by atoms with Crippen molar-refractivity contribution in [1.82, 2.24) is 0 Å². The molecule has 0 heterocycles. The maximum absolute atomic E-state index is 11.2. The fourth-order valence-corrected chi connectivity index (χ4v) is 1.52. The smallest absolute Gasteiger partial charge is 0.325 e. The zero-order chi connectivity index (χ0) is 12.4. The van der Waals surface area contributed by atoms with Gasteiger partial charge in [-0.05, 0) is 13.3 Å². The largest absolute Gasteiger partial charge is 0.435 e. The van der Waals surface area contributed by atoms with Gasteiger partial charge in [0.25, 0.3) is 0 Å². The van der Waals surface area contributed by atoms with E-state index in [0.29, 0.717) is 6.42 Å². The van der Waals surface area contributed by atoms with E-state index in [1.165, 1.54) is 32.6 Å². The first-order valence-corrected chi connectivity index (χ1v) is 6.22. The van der Waals surface area contributed by atoms with Gasteiger partial charge in [-0.2, -0.15) is 0 Å². The molecule has 0 aromatic carbocycles. The van der Waals surface area contributed by atoms with Gasteiger partial charge in [0.15, 0.2) is 6.29 Å². The van der Waals surface area contributed by atoms with Gasteiger partial charge in [-0.15, -0.1) is 0 Å². The van der Waals surface area contributed by atoms with Crippen LogP contribution in [-0.4, -0.2) is 23.4 Å². The van der Waals surface area contributed by atoms with E-state index in [1.807, 2.05) is 0 Å². The van der Waals surface area contributed by atoms with Crippen LogP contribution >= 0.6 is 0 Å². The number of esters is 1. The second kappa shape index (κ2) is 9.60. The standard InChI is InChI=1S/C12H25NO3/c1-3-4-5-6-7-8-9-11(13)12(15)16-10(2)14/h10-11,14H,3-9,13H2,1-2H3. The summed E-state index contributed by atoms with van der Waals surface area (Å²) in [5, 5.41) is 8.84.